The van der Waals surface area contributed by atoms with Gasteiger partial charge in [-0.1, -0.05) is 0 Å². The van der Waals surface area contributed by atoms with Gasteiger partial charge < -0.3 is 10.6 Å². The van der Waals surface area contributed by atoms with Crippen LogP contribution in [0.5, 0.6) is 0 Å². The Labute approximate surface area is 106 Å². The van der Waals surface area contributed by atoms with E-state index in [-0.39, 0.29) is 0 Å². The van der Waals surface area contributed by atoms with Crippen molar-refractivity contribution in [2.45, 2.75) is 13.3 Å². The van der Waals surface area contributed by atoms with Crippen LogP contribution < -0.4 is 10.6 Å². The van der Waals surface area contributed by atoms with Crippen LogP contribution in [0.25, 0.3) is 0 Å². The van der Waals surface area contributed by atoms with Crippen molar-refractivity contribution in [3.8, 4) is 0 Å². The van der Waals surface area contributed by atoms with Gasteiger partial charge in [-0.2, -0.15) is 5.10 Å². The van der Waals surface area contributed by atoms with E-state index in [0.717, 1.165) is 31.1 Å². The summed E-state index contributed by atoms with van der Waals surface area (Å²) in [4.78, 5) is 8.30. The van der Waals surface area contributed by atoms with Gasteiger partial charge in [0.25, 0.3) is 0 Å². The number of rotatable bonds is 6. The van der Waals surface area contributed by atoms with E-state index in [4.69, 9.17) is 0 Å². The lowest BCUT2D eigenvalue weighted by atomic mass is 10.3. The zero-order valence-electron chi connectivity index (χ0n) is 10.7. The van der Waals surface area contributed by atoms with Crippen LogP contribution in [-0.2, 0) is 13.5 Å². The van der Waals surface area contributed by atoms with E-state index in [9.17, 15) is 0 Å². The predicted octanol–water partition coefficient (Wildman–Crippen LogP) is 1.30. The van der Waals surface area contributed by atoms with Gasteiger partial charge in [0.1, 0.15) is 18.0 Å². The highest BCUT2D eigenvalue weighted by Crippen LogP contribution is 2.08. The molecule has 0 saturated heterocycles. The van der Waals surface area contributed by atoms with Crippen molar-refractivity contribution in [1.29, 1.82) is 0 Å². The van der Waals surface area contributed by atoms with E-state index in [2.05, 4.69) is 25.7 Å². The molecule has 0 aliphatic heterocycles. The quantitative estimate of drug-likeness (QED) is 0.804. The molecule has 0 spiro atoms. The topological polar surface area (TPSA) is 67.7 Å². The van der Waals surface area contributed by atoms with Gasteiger partial charge in [-0.25, -0.2) is 9.97 Å². The second-order valence-corrected chi connectivity index (χ2v) is 3.94. The molecule has 6 nitrogen and oxygen atoms in total. The van der Waals surface area contributed by atoms with Crippen LogP contribution in [0.2, 0.25) is 0 Å². The minimum absolute atomic E-state index is 0.822. The minimum atomic E-state index is 0.822. The highest BCUT2D eigenvalue weighted by Gasteiger charge is 2.00. The number of nitrogens with one attached hydrogen (secondary N) is 2. The van der Waals surface area contributed by atoms with E-state index in [0.29, 0.717) is 0 Å². The summed E-state index contributed by atoms with van der Waals surface area (Å²) in [6.45, 7) is 3.71. The Morgan fingerprint density at radius 2 is 2.00 bits per heavy atom. The van der Waals surface area contributed by atoms with Gasteiger partial charge in [-0.05, 0) is 13.0 Å². The maximum absolute atomic E-state index is 4.18. The van der Waals surface area contributed by atoms with Crippen LogP contribution in [0.1, 0.15) is 12.6 Å². The van der Waals surface area contributed by atoms with Crippen LogP contribution in [0.4, 0.5) is 11.6 Å². The van der Waals surface area contributed by atoms with Gasteiger partial charge >= 0.3 is 0 Å². The average molecular weight is 246 g/mol. The molecule has 6 heteroatoms. The first-order valence-electron chi connectivity index (χ1n) is 6.06. The largest absolute Gasteiger partial charge is 0.370 e. The maximum Gasteiger partial charge on any atom is 0.131 e. The molecular formula is C12H18N6. The third-order valence-electron chi connectivity index (χ3n) is 2.63. The summed E-state index contributed by atoms with van der Waals surface area (Å²) in [5, 5.41) is 10.6. The van der Waals surface area contributed by atoms with Gasteiger partial charge in [0.05, 0.1) is 0 Å². The fraction of sp³-hybridized carbons (Fsp3) is 0.417. The van der Waals surface area contributed by atoms with Crippen LogP contribution >= 0.6 is 0 Å². The molecule has 0 aliphatic rings. The van der Waals surface area contributed by atoms with Gasteiger partial charge in [0.15, 0.2) is 0 Å². The third-order valence-corrected chi connectivity index (χ3v) is 2.63. The van der Waals surface area contributed by atoms with E-state index in [1.807, 2.05) is 37.0 Å². The Balaban J connectivity index is 1.86. The number of hydrogen-bond acceptors (Lipinski definition) is 5. The predicted molar refractivity (Wildman–Crippen MR) is 71.6 cm³/mol. The normalized spacial score (nSPS) is 10.3. The molecule has 2 aromatic rings. The van der Waals surface area contributed by atoms with Gasteiger partial charge in [-0.15, -0.1) is 0 Å². The SMILES string of the molecule is CCNc1cc(NCCc2ccnn2C)ncn1. The summed E-state index contributed by atoms with van der Waals surface area (Å²) in [7, 11) is 1.95. The first-order chi connectivity index (χ1) is 8.79. The number of hydrogen-bond donors (Lipinski definition) is 2. The molecule has 18 heavy (non-hydrogen) atoms. The van der Waals surface area contributed by atoms with Gasteiger partial charge in [-0.3, -0.25) is 4.68 Å². The Morgan fingerprint density at radius 3 is 2.67 bits per heavy atom. The Hall–Kier alpha value is -2.11. The molecule has 2 heterocycles. The second-order valence-electron chi connectivity index (χ2n) is 3.94. The van der Waals surface area contributed by atoms with Gasteiger partial charge in [0.2, 0.25) is 0 Å². The molecule has 2 aromatic heterocycles. The summed E-state index contributed by atoms with van der Waals surface area (Å²) >= 11 is 0. The zero-order valence-corrected chi connectivity index (χ0v) is 10.7. The van der Waals surface area contributed by atoms with Crippen LogP contribution in [0.3, 0.4) is 0 Å². The lowest BCUT2D eigenvalue weighted by molar-refractivity contribution is 0.711. The zero-order chi connectivity index (χ0) is 12.8. The Bertz CT molecular complexity index is 493. The molecule has 2 N–H and O–H groups in total. The van der Waals surface area contributed by atoms with E-state index in [1.54, 1.807) is 6.33 Å². The maximum atomic E-state index is 4.18. The van der Waals surface area contributed by atoms with E-state index < -0.39 is 0 Å². The summed E-state index contributed by atoms with van der Waals surface area (Å²) in [6.07, 6.45) is 4.28. The molecule has 2 rings (SSSR count). The molecule has 0 saturated carbocycles. The molecular weight excluding hydrogens is 228 g/mol. The smallest absolute Gasteiger partial charge is 0.131 e. The molecule has 0 fully saturated rings. The molecule has 0 radical (unpaired) electrons. The molecule has 0 amide bonds. The Morgan fingerprint density at radius 1 is 1.22 bits per heavy atom. The van der Waals surface area contributed by atoms with Crippen LogP contribution in [0, 0.1) is 0 Å². The number of nitrogens with zero attached hydrogens (tertiary/aromatic N) is 4. The van der Waals surface area contributed by atoms with E-state index >= 15 is 0 Å². The molecule has 96 valence electrons. The number of aromatic nitrogens is 4. The average Bonchev–Trinajstić information content (AvgIpc) is 2.76. The summed E-state index contributed by atoms with van der Waals surface area (Å²) in [5.41, 5.74) is 1.20. The Kier molecular flexibility index (Phi) is 4.11. The molecule has 0 bridgehead atoms. The monoisotopic (exact) mass is 246 g/mol. The highest BCUT2D eigenvalue weighted by atomic mass is 15.3. The summed E-state index contributed by atoms with van der Waals surface area (Å²) in [6, 6.07) is 3.93. The molecule has 0 aliphatic carbocycles. The molecule has 0 aromatic carbocycles. The van der Waals surface area contributed by atoms with Crippen molar-refractivity contribution in [2.24, 2.45) is 7.05 Å². The lowest BCUT2D eigenvalue weighted by Gasteiger charge is -2.07. The number of anilines is 2. The van der Waals surface area contributed by atoms with E-state index in [1.165, 1.54) is 5.69 Å². The standard InChI is InChI=1S/C12H18N6/c1-3-13-11-8-12(16-9-15-11)14-6-4-10-5-7-17-18(10)2/h5,7-9H,3-4,6H2,1-2H3,(H2,13,14,15,16). The molecule has 0 unspecified atom stereocenters. The van der Waals surface area contributed by atoms with Crippen LogP contribution in [0.15, 0.2) is 24.7 Å². The fourth-order valence-electron chi connectivity index (χ4n) is 1.70. The fourth-order valence-corrected chi connectivity index (χ4v) is 1.70. The van der Waals surface area contributed by atoms with Crippen molar-refractivity contribution >= 4 is 11.6 Å². The minimum Gasteiger partial charge on any atom is -0.370 e. The van der Waals surface area contributed by atoms with Crippen molar-refractivity contribution in [3.63, 3.8) is 0 Å². The second kappa shape index (κ2) is 6.00. The van der Waals surface area contributed by atoms with Crippen molar-refractivity contribution in [2.75, 3.05) is 23.7 Å². The van der Waals surface area contributed by atoms with Crippen molar-refractivity contribution < 1.29 is 0 Å². The lowest BCUT2D eigenvalue weighted by Crippen LogP contribution is -2.10. The molecule has 0 atom stereocenters. The first-order valence-corrected chi connectivity index (χ1v) is 6.06. The summed E-state index contributed by atoms with van der Waals surface area (Å²) in [5.74, 6) is 1.68. The highest BCUT2D eigenvalue weighted by molar-refractivity contribution is 5.46. The van der Waals surface area contributed by atoms with Crippen molar-refractivity contribution in [3.05, 3.63) is 30.4 Å². The summed E-state index contributed by atoms with van der Waals surface area (Å²) < 4.78 is 1.88. The first kappa shape index (κ1) is 12.3. The third kappa shape index (κ3) is 3.19. The van der Waals surface area contributed by atoms with Crippen LogP contribution in [-0.4, -0.2) is 32.8 Å². The number of aryl methyl sites for hydroxylation is 1. The van der Waals surface area contributed by atoms with Gasteiger partial charge in [0, 0.05) is 44.5 Å². The van der Waals surface area contributed by atoms with Crippen molar-refractivity contribution in [1.82, 2.24) is 19.7 Å².